The van der Waals surface area contributed by atoms with E-state index in [4.69, 9.17) is 5.11 Å². The van der Waals surface area contributed by atoms with Crippen molar-refractivity contribution in [3.05, 3.63) is 0 Å². The first-order valence-electron chi connectivity index (χ1n) is 5.64. The summed E-state index contributed by atoms with van der Waals surface area (Å²) in [6.45, 7) is 0. The standard InChI is InChI=1S/C9HF17O2/c10-2(11,1(27)28)3(12,8(21,22)23)4(13,14)5(15,16)6(17,18)7(19,20)9(24,25)26/h(H,27,28). The summed E-state index contributed by atoms with van der Waals surface area (Å²) in [6, 6.07) is 0. The first-order chi connectivity index (χ1) is 11.7. The molecule has 0 aliphatic carbocycles. The van der Waals surface area contributed by atoms with E-state index in [0.29, 0.717) is 0 Å². The SMILES string of the molecule is O=C(O)C(F)(F)C(F)(C(F)(F)F)C(F)(F)C(F)(F)C(F)(F)C(F)(F)C(F)(F)F. The zero-order valence-electron chi connectivity index (χ0n) is 11.8. The van der Waals surface area contributed by atoms with Crippen LogP contribution in [0.2, 0.25) is 0 Å². The van der Waals surface area contributed by atoms with Crippen molar-refractivity contribution in [2.24, 2.45) is 0 Å². The van der Waals surface area contributed by atoms with Gasteiger partial charge in [-0.05, 0) is 0 Å². The van der Waals surface area contributed by atoms with Crippen molar-refractivity contribution in [3.63, 3.8) is 0 Å². The molecule has 1 unspecified atom stereocenters. The Bertz CT molecular complexity index is 613. The second-order valence-corrected chi connectivity index (χ2v) is 4.83. The third-order valence-electron chi connectivity index (χ3n) is 3.06. The molecule has 1 atom stereocenters. The predicted octanol–water partition coefficient (Wildman–Crippen LogP) is 5.08. The number of halogens is 17. The zero-order chi connectivity index (χ0) is 23.6. The lowest BCUT2D eigenvalue weighted by atomic mass is 9.82. The average Bonchev–Trinajstić information content (AvgIpc) is 2.42. The maximum Gasteiger partial charge on any atom is 0.460 e. The molecule has 19 heteroatoms. The Morgan fingerprint density at radius 2 is 0.750 bits per heavy atom. The average molecular weight is 464 g/mol. The fraction of sp³-hybridized carbons (Fsp3) is 0.889. The summed E-state index contributed by atoms with van der Waals surface area (Å²) in [5.74, 6) is -47.1. The first kappa shape index (κ1) is 26.3. The molecule has 0 aromatic rings. The van der Waals surface area contributed by atoms with Crippen LogP contribution in [0.4, 0.5) is 74.6 Å². The highest BCUT2D eigenvalue weighted by Crippen LogP contribution is 2.65. The Morgan fingerprint density at radius 3 is 0.964 bits per heavy atom. The summed E-state index contributed by atoms with van der Waals surface area (Å²) in [4.78, 5) is 9.91. The lowest BCUT2D eigenvalue weighted by Crippen LogP contribution is -2.78. The Labute approximate surface area is 139 Å². The van der Waals surface area contributed by atoms with Gasteiger partial charge in [0.15, 0.2) is 0 Å². The maximum atomic E-state index is 13.5. The van der Waals surface area contributed by atoms with Crippen LogP contribution < -0.4 is 0 Å². The molecule has 0 aromatic heterocycles. The van der Waals surface area contributed by atoms with E-state index in [1.54, 1.807) is 0 Å². The highest BCUT2D eigenvalue weighted by molar-refractivity contribution is 5.78. The largest absolute Gasteiger partial charge is 0.477 e. The predicted molar refractivity (Wildman–Crippen MR) is 48.3 cm³/mol. The highest BCUT2D eigenvalue weighted by Gasteiger charge is 2.97. The van der Waals surface area contributed by atoms with Gasteiger partial charge in [0, 0.05) is 0 Å². The molecule has 2 nitrogen and oxygen atoms in total. The van der Waals surface area contributed by atoms with Gasteiger partial charge in [0.1, 0.15) is 0 Å². The van der Waals surface area contributed by atoms with Crippen LogP contribution >= 0.6 is 0 Å². The van der Waals surface area contributed by atoms with E-state index in [1.807, 2.05) is 0 Å². The number of hydrogen-bond acceptors (Lipinski definition) is 1. The molecule has 0 bridgehead atoms. The molecular weight excluding hydrogens is 463 g/mol. The lowest BCUT2D eigenvalue weighted by molar-refractivity contribution is -0.459. The number of carboxylic acid groups (broad SMARTS) is 1. The topological polar surface area (TPSA) is 37.3 Å². The molecule has 168 valence electrons. The third kappa shape index (κ3) is 2.91. The van der Waals surface area contributed by atoms with Gasteiger partial charge in [-0.2, -0.15) is 70.2 Å². The number of hydrogen-bond donors (Lipinski definition) is 1. The van der Waals surface area contributed by atoms with Crippen molar-refractivity contribution in [1.29, 1.82) is 0 Å². The Morgan fingerprint density at radius 1 is 0.464 bits per heavy atom. The molecule has 0 saturated heterocycles. The van der Waals surface area contributed by atoms with E-state index in [2.05, 4.69) is 0 Å². The molecule has 0 saturated carbocycles. The van der Waals surface area contributed by atoms with Crippen molar-refractivity contribution >= 4 is 5.97 Å². The normalized spacial score (nSPS) is 18.0. The minimum Gasteiger partial charge on any atom is -0.477 e. The fourth-order valence-corrected chi connectivity index (χ4v) is 1.49. The van der Waals surface area contributed by atoms with Gasteiger partial charge in [0.25, 0.3) is 0 Å². The van der Waals surface area contributed by atoms with Gasteiger partial charge in [-0.3, -0.25) is 0 Å². The fourth-order valence-electron chi connectivity index (χ4n) is 1.49. The molecule has 0 aliphatic heterocycles. The summed E-state index contributed by atoms with van der Waals surface area (Å²) < 4.78 is 215. The van der Waals surface area contributed by atoms with Crippen LogP contribution in [-0.4, -0.2) is 58.7 Å². The van der Waals surface area contributed by atoms with Crippen LogP contribution in [0, 0.1) is 0 Å². The molecule has 28 heavy (non-hydrogen) atoms. The van der Waals surface area contributed by atoms with Crippen molar-refractivity contribution in [1.82, 2.24) is 0 Å². The van der Waals surface area contributed by atoms with Crippen molar-refractivity contribution in [3.8, 4) is 0 Å². The van der Waals surface area contributed by atoms with Crippen molar-refractivity contribution < 1.29 is 84.5 Å². The third-order valence-corrected chi connectivity index (χ3v) is 3.06. The molecule has 1 N–H and O–H groups in total. The number of carboxylic acids is 1. The molecular formula is C9HF17O2. The number of carbonyl (C=O) groups is 1. The van der Waals surface area contributed by atoms with Crippen LogP contribution in [0.5, 0.6) is 0 Å². The minimum absolute atomic E-state index is 4.62. The van der Waals surface area contributed by atoms with E-state index in [0.717, 1.165) is 0 Å². The summed E-state index contributed by atoms with van der Waals surface area (Å²) in [5, 5.41) is 7.68. The molecule has 0 amide bonds. The second kappa shape index (κ2) is 6.14. The molecule has 0 heterocycles. The van der Waals surface area contributed by atoms with Crippen LogP contribution in [0.15, 0.2) is 0 Å². The Hall–Kier alpha value is -1.72. The van der Waals surface area contributed by atoms with E-state index in [-0.39, 0.29) is 0 Å². The van der Waals surface area contributed by atoms with E-state index < -0.39 is 53.6 Å². The van der Waals surface area contributed by atoms with E-state index in [9.17, 15) is 79.4 Å². The van der Waals surface area contributed by atoms with Crippen LogP contribution in [0.3, 0.4) is 0 Å². The highest BCUT2D eigenvalue weighted by atomic mass is 19.4. The quantitative estimate of drug-likeness (QED) is 0.557. The van der Waals surface area contributed by atoms with Gasteiger partial charge in [0.2, 0.25) is 0 Å². The Balaban J connectivity index is 7.11. The van der Waals surface area contributed by atoms with Gasteiger partial charge < -0.3 is 5.11 Å². The summed E-state index contributed by atoms with van der Waals surface area (Å²) in [5.41, 5.74) is -8.56. The van der Waals surface area contributed by atoms with Crippen molar-refractivity contribution in [2.75, 3.05) is 0 Å². The molecule has 0 aromatic carbocycles. The van der Waals surface area contributed by atoms with Gasteiger partial charge in [-0.15, -0.1) is 0 Å². The summed E-state index contributed by atoms with van der Waals surface area (Å²) in [7, 11) is 0. The van der Waals surface area contributed by atoms with E-state index in [1.165, 1.54) is 0 Å². The zero-order valence-corrected chi connectivity index (χ0v) is 11.8. The Kier molecular flexibility index (Phi) is 5.76. The monoisotopic (exact) mass is 464 g/mol. The van der Waals surface area contributed by atoms with Crippen molar-refractivity contribution in [2.45, 2.75) is 47.6 Å². The van der Waals surface area contributed by atoms with Crippen LogP contribution in [0.25, 0.3) is 0 Å². The second-order valence-electron chi connectivity index (χ2n) is 4.83. The molecule has 0 spiro atoms. The van der Waals surface area contributed by atoms with E-state index >= 15 is 0 Å². The molecule has 0 fully saturated rings. The van der Waals surface area contributed by atoms with Gasteiger partial charge >= 0.3 is 53.6 Å². The van der Waals surface area contributed by atoms with Crippen LogP contribution in [0.1, 0.15) is 0 Å². The summed E-state index contributed by atoms with van der Waals surface area (Å²) in [6.07, 6.45) is -16.1. The smallest absolute Gasteiger partial charge is 0.460 e. The van der Waals surface area contributed by atoms with Gasteiger partial charge in [-0.1, -0.05) is 0 Å². The van der Waals surface area contributed by atoms with Gasteiger partial charge in [0.05, 0.1) is 0 Å². The summed E-state index contributed by atoms with van der Waals surface area (Å²) >= 11 is 0. The van der Waals surface area contributed by atoms with Crippen LogP contribution in [-0.2, 0) is 4.79 Å². The molecule has 0 radical (unpaired) electrons. The van der Waals surface area contributed by atoms with Gasteiger partial charge in [-0.25, -0.2) is 9.18 Å². The lowest BCUT2D eigenvalue weighted by Gasteiger charge is -2.44. The number of rotatable bonds is 6. The first-order valence-corrected chi connectivity index (χ1v) is 5.64. The maximum absolute atomic E-state index is 13.5. The molecule has 0 aliphatic rings. The molecule has 0 rings (SSSR count). The minimum atomic E-state index is -8.88. The number of alkyl halides is 17. The number of aliphatic carboxylic acids is 1.